The van der Waals surface area contributed by atoms with Crippen LogP contribution in [0.2, 0.25) is 0 Å². The summed E-state index contributed by atoms with van der Waals surface area (Å²) in [6.07, 6.45) is 0. The Morgan fingerprint density at radius 2 is 0.736 bits per heavy atom. The van der Waals surface area contributed by atoms with Gasteiger partial charge in [0.2, 0.25) is 0 Å². The number of benzene rings is 12. The van der Waals surface area contributed by atoms with Gasteiger partial charge in [0.1, 0.15) is 0 Å². The number of fused-ring (bicyclic) bond motifs is 14. The molecule has 1 nitrogen and oxygen atoms in total. The molecule has 12 aromatic rings. The highest BCUT2D eigenvalue weighted by Crippen LogP contribution is 2.59. The summed E-state index contributed by atoms with van der Waals surface area (Å²) in [5, 5.41) is 13.0. The highest BCUT2D eigenvalue weighted by atomic mass is 15.1. The van der Waals surface area contributed by atoms with E-state index in [2.05, 4.69) is 266 Å². The monoisotopic (exact) mass is 925 g/mol. The van der Waals surface area contributed by atoms with Crippen molar-refractivity contribution in [2.45, 2.75) is 59.3 Å². The molecule has 0 saturated heterocycles. The number of anilines is 3. The molecule has 0 heterocycles. The Hall–Kier alpha value is -8.26. The number of para-hydroxylation sites is 1. The Morgan fingerprint density at radius 1 is 0.292 bits per heavy atom. The van der Waals surface area contributed by atoms with Crippen molar-refractivity contribution >= 4 is 70.9 Å². The van der Waals surface area contributed by atoms with Crippen LogP contribution in [0.15, 0.2) is 231 Å². The maximum atomic E-state index is 2.55. The van der Waals surface area contributed by atoms with Crippen molar-refractivity contribution in [3.05, 3.63) is 269 Å². The molecule has 14 rings (SSSR count). The van der Waals surface area contributed by atoms with Crippen LogP contribution in [0.3, 0.4) is 0 Å². The van der Waals surface area contributed by atoms with E-state index in [-0.39, 0.29) is 10.8 Å². The van der Waals surface area contributed by atoms with Crippen LogP contribution in [0, 0.1) is 20.8 Å². The van der Waals surface area contributed by atoms with Crippen molar-refractivity contribution in [2.24, 2.45) is 0 Å². The number of rotatable bonds is 3. The van der Waals surface area contributed by atoms with Gasteiger partial charge in [0.15, 0.2) is 0 Å². The Balaban J connectivity index is 0.000000197. The van der Waals surface area contributed by atoms with E-state index < -0.39 is 0 Å². The van der Waals surface area contributed by atoms with Gasteiger partial charge in [-0.2, -0.15) is 0 Å². The minimum absolute atomic E-state index is 0.0599. The topological polar surface area (TPSA) is 3.24 Å². The van der Waals surface area contributed by atoms with E-state index in [0.29, 0.717) is 0 Å². The van der Waals surface area contributed by atoms with E-state index in [1.165, 1.54) is 126 Å². The molecule has 0 N–H and O–H groups in total. The molecule has 348 valence electrons. The van der Waals surface area contributed by atoms with Gasteiger partial charge < -0.3 is 4.90 Å². The molecule has 0 aromatic heterocycles. The normalized spacial score (nSPS) is 13.4. The van der Waals surface area contributed by atoms with Crippen LogP contribution in [-0.4, -0.2) is 0 Å². The van der Waals surface area contributed by atoms with Crippen LogP contribution in [0.5, 0.6) is 0 Å². The first kappa shape index (κ1) is 44.9. The van der Waals surface area contributed by atoms with Crippen molar-refractivity contribution in [1.82, 2.24) is 0 Å². The van der Waals surface area contributed by atoms with Gasteiger partial charge >= 0.3 is 0 Å². The third-order valence-corrected chi connectivity index (χ3v) is 15.8. The van der Waals surface area contributed by atoms with Crippen molar-refractivity contribution in [1.29, 1.82) is 0 Å². The Morgan fingerprint density at radius 3 is 1.36 bits per heavy atom. The Kier molecular flexibility index (Phi) is 10.9. The number of nitrogens with zero attached hydrogens (tertiary/aromatic N) is 1. The zero-order valence-corrected chi connectivity index (χ0v) is 42.4. The van der Waals surface area contributed by atoms with Gasteiger partial charge in [-0.1, -0.05) is 233 Å². The molecule has 0 bridgehead atoms. The maximum Gasteiger partial charge on any atom is 0.0546 e. The average Bonchev–Trinajstić information content (AvgIpc) is 3.77. The fraction of sp³-hybridized carbons (Fsp3) is 0.127. The molecule has 0 radical (unpaired) electrons. The average molecular weight is 926 g/mol. The third kappa shape index (κ3) is 7.38. The molecule has 0 aliphatic heterocycles. The van der Waals surface area contributed by atoms with Gasteiger partial charge in [0.25, 0.3) is 0 Å². The van der Waals surface area contributed by atoms with E-state index in [0.717, 1.165) is 5.69 Å². The van der Waals surface area contributed by atoms with Crippen LogP contribution in [0.1, 0.15) is 66.6 Å². The highest BCUT2D eigenvalue weighted by Gasteiger charge is 2.43. The lowest BCUT2D eigenvalue weighted by Crippen LogP contribution is -2.18. The fourth-order valence-corrected chi connectivity index (χ4v) is 12.1. The van der Waals surface area contributed by atoms with Crippen molar-refractivity contribution in [3.8, 4) is 22.3 Å². The fourth-order valence-electron chi connectivity index (χ4n) is 12.1. The molecule has 0 unspecified atom stereocenters. The first-order valence-corrected chi connectivity index (χ1v) is 25.5. The van der Waals surface area contributed by atoms with E-state index in [4.69, 9.17) is 0 Å². The lowest BCUT2D eigenvalue weighted by atomic mass is 9.79. The summed E-state index contributed by atoms with van der Waals surface area (Å²) < 4.78 is 0. The van der Waals surface area contributed by atoms with Gasteiger partial charge in [0, 0.05) is 27.3 Å². The van der Waals surface area contributed by atoms with Crippen LogP contribution in [0.4, 0.5) is 17.1 Å². The van der Waals surface area contributed by atoms with Gasteiger partial charge in [-0.05, 0) is 150 Å². The number of hydrogen-bond donors (Lipinski definition) is 0. The molecule has 0 amide bonds. The van der Waals surface area contributed by atoms with Gasteiger partial charge in [-0.25, -0.2) is 0 Å². The summed E-state index contributed by atoms with van der Waals surface area (Å²) in [6.45, 7) is 16.1. The van der Waals surface area contributed by atoms with Crippen molar-refractivity contribution in [2.75, 3.05) is 4.90 Å². The van der Waals surface area contributed by atoms with Crippen LogP contribution < -0.4 is 4.90 Å². The van der Waals surface area contributed by atoms with Gasteiger partial charge in [-0.15, -0.1) is 0 Å². The first-order valence-electron chi connectivity index (χ1n) is 25.5. The summed E-state index contributed by atoms with van der Waals surface area (Å²) in [5.41, 5.74) is 18.5. The Labute approximate surface area is 424 Å². The zero-order chi connectivity index (χ0) is 49.3. The van der Waals surface area contributed by atoms with Crippen molar-refractivity contribution < 1.29 is 0 Å². The quantitative estimate of drug-likeness (QED) is 0.160. The van der Waals surface area contributed by atoms with Gasteiger partial charge in [-0.3, -0.25) is 0 Å². The van der Waals surface area contributed by atoms with Crippen LogP contribution in [0.25, 0.3) is 76.1 Å². The molecule has 2 aliphatic carbocycles. The molecule has 72 heavy (non-hydrogen) atoms. The summed E-state index contributed by atoms with van der Waals surface area (Å²) in [4.78, 5) is 2.51. The molecular weight excluding hydrogens is 867 g/mol. The molecule has 2 aliphatic rings. The largest absolute Gasteiger partial charge is 0.309 e. The number of hydrogen-bond acceptors (Lipinski definition) is 1. The maximum absolute atomic E-state index is 2.55. The standard InChI is InChI=1S/C49H39N.C15H12.C7H8/c1-30-23-24-35-39-27-43-40(28-42(39)48(2,3)41(35)25-30)47-38-22-14-13-21-37(38)46(29-44(47)49(43,4)5)50(32-16-7-6-8-17-32)45-26-31-15-9-10-18-33(31)34-19-11-12-20-36(34)45;1-11-10-12-6-2-3-8-14(12)15-9-5-4-7-13(11)15;1-7-5-3-2-4-6-7/h6-29H,1-5H3;2-10H,1H3;2-6H,1H3. The number of aryl methyl sites for hydroxylation is 3. The van der Waals surface area contributed by atoms with E-state index >= 15 is 0 Å². The minimum Gasteiger partial charge on any atom is -0.309 e. The van der Waals surface area contributed by atoms with Crippen LogP contribution >= 0.6 is 0 Å². The molecule has 0 fully saturated rings. The molecule has 0 saturated carbocycles. The van der Waals surface area contributed by atoms with Crippen molar-refractivity contribution in [3.63, 3.8) is 0 Å². The Bertz CT molecular complexity index is 4060. The third-order valence-electron chi connectivity index (χ3n) is 15.8. The zero-order valence-electron chi connectivity index (χ0n) is 42.4. The second-order valence-corrected chi connectivity index (χ2v) is 21.1. The first-order chi connectivity index (χ1) is 35.0. The molecule has 0 atom stereocenters. The summed E-state index contributed by atoms with van der Waals surface area (Å²) in [5.74, 6) is 0. The smallest absolute Gasteiger partial charge is 0.0546 e. The lowest BCUT2D eigenvalue weighted by molar-refractivity contribution is 0.652. The van der Waals surface area contributed by atoms with E-state index in [1.807, 2.05) is 18.2 Å². The van der Waals surface area contributed by atoms with E-state index in [1.54, 1.807) is 0 Å². The molecule has 0 spiro atoms. The SMILES string of the molecule is Cc1cc2ccccc2c2ccccc12.Cc1ccc2c(c1)C(C)(C)c1cc3c(cc1-2)C(C)(C)c1cc(N(c2ccccc2)c2cc4ccccc4c4ccccc24)c2ccccc2c1-3.Cc1ccccc1. The molecular formula is C71H59N. The summed E-state index contributed by atoms with van der Waals surface area (Å²) in [6, 6.07) is 84.4. The summed E-state index contributed by atoms with van der Waals surface area (Å²) in [7, 11) is 0. The minimum atomic E-state index is -0.191. The summed E-state index contributed by atoms with van der Waals surface area (Å²) >= 11 is 0. The highest BCUT2D eigenvalue weighted by molar-refractivity contribution is 6.17. The van der Waals surface area contributed by atoms with E-state index in [9.17, 15) is 0 Å². The predicted molar refractivity (Wildman–Crippen MR) is 311 cm³/mol. The molecule has 12 aromatic carbocycles. The van der Waals surface area contributed by atoms with Crippen LogP contribution in [-0.2, 0) is 10.8 Å². The predicted octanol–water partition coefficient (Wildman–Crippen LogP) is 19.8. The lowest BCUT2D eigenvalue weighted by Gasteiger charge is -2.31. The second-order valence-electron chi connectivity index (χ2n) is 21.1. The molecule has 1 heteroatoms. The van der Waals surface area contributed by atoms with Gasteiger partial charge in [0.05, 0.1) is 11.4 Å². The second kappa shape index (κ2) is 17.5.